The Hall–Kier alpha value is -3.82. The molecular weight excluding hydrogens is 420 g/mol. The summed E-state index contributed by atoms with van der Waals surface area (Å²) < 4.78 is 11.1. The first-order chi connectivity index (χ1) is 16.2. The van der Waals surface area contributed by atoms with E-state index in [1.807, 2.05) is 36.4 Å². The van der Waals surface area contributed by atoms with Gasteiger partial charge in [0.15, 0.2) is 0 Å². The van der Waals surface area contributed by atoms with E-state index in [1.54, 1.807) is 7.11 Å². The van der Waals surface area contributed by atoms with Crippen LogP contribution in [-0.4, -0.2) is 17.4 Å². The maximum absolute atomic E-state index is 5.90. The first-order valence-electron chi connectivity index (χ1n) is 11.1. The van der Waals surface area contributed by atoms with Crippen LogP contribution < -0.4 is 14.7 Å². The number of hydrogen-bond donors (Lipinski definition) is 0. The van der Waals surface area contributed by atoms with Crippen LogP contribution in [0.2, 0.25) is 0 Å². The van der Waals surface area contributed by atoms with Gasteiger partial charge in [-0.3, -0.25) is 0 Å². The highest BCUT2D eigenvalue weighted by Gasteiger charge is 1.97. The van der Waals surface area contributed by atoms with E-state index in [-0.39, 0.29) is 0 Å². The Morgan fingerprint density at radius 3 is 1.36 bits per heavy atom. The molecule has 2 nitrogen and oxygen atoms in total. The van der Waals surface area contributed by atoms with E-state index in [1.165, 1.54) is 21.9 Å². The normalized spacial score (nSPS) is 11.3. The summed E-state index contributed by atoms with van der Waals surface area (Å²) in [5.74, 6) is 1.75. The van der Waals surface area contributed by atoms with Crippen molar-refractivity contribution in [2.75, 3.05) is 7.11 Å². The average Bonchev–Trinajstić information content (AvgIpc) is 2.87. The molecule has 0 aliphatic heterocycles. The molecule has 0 amide bonds. The van der Waals surface area contributed by atoms with E-state index in [2.05, 4.69) is 85.0 Å². The van der Waals surface area contributed by atoms with E-state index in [0.29, 0.717) is 6.61 Å². The maximum atomic E-state index is 5.90. The lowest BCUT2D eigenvalue weighted by Crippen LogP contribution is -2.02. The van der Waals surface area contributed by atoms with Crippen molar-refractivity contribution < 1.29 is 9.47 Å². The first kappa shape index (κ1) is 22.4. The van der Waals surface area contributed by atoms with Gasteiger partial charge in [-0.1, -0.05) is 102 Å². The fourth-order valence-electron chi connectivity index (χ4n) is 3.34. The molecule has 0 radical (unpaired) electrons. The number of rotatable bonds is 8. The molecule has 4 rings (SSSR count). The van der Waals surface area contributed by atoms with Crippen LogP contribution in [0.25, 0.3) is 24.3 Å². The van der Waals surface area contributed by atoms with Crippen molar-refractivity contribution in [3.8, 4) is 11.5 Å². The lowest BCUT2D eigenvalue weighted by atomic mass is 10.1. The van der Waals surface area contributed by atoms with Gasteiger partial charge >= 0.3 is 0 Å². The van der Waals surface area contributed by atoms with Gasteiger partial charge in [-0.2, -0.15) is 0 Å². The lowest BCUT2D eigenvalue weighted by molar-refractivity contribution is 0.306. The van der Waals surface area contributed by atoms with Gasteiger partial charge in [0.05, 0.1) is 7.11 Å². The fourth-order valence-corrected chi connectivity index (χ4v) is 3.68. The number of ether oxygens (including phenoxy) is 2. The quantitative estimate of drug-likeness (QED) is 0.258. The summed E-state index contributed by atoms with van der Waals surface area (Å²) in [7, 11) is 2.76. The molecule has 0 saturated carbocycles. The Bertz CT molecular complexity index is 1200. The molecule has 0 heterocycles. The Kier molecular flexibility index (Phi) is 7.57. The van der Waals surface area contributed by atoms with Crippen LogP contribution in [0.15, 0.2) is 97.1 Å². The summed E-state index contributed by atoms with van der Waals surface area (Å²) in [4.78, 5) is 0. The second kappa shape index (κ2) is 11.2. The van der Waals surface area contributed by atoms with Crippen molar-refractivity contribution in [2.24, 2.45) is 0 Å². The predicted molar refractivity (Wildman–Crippen MR) is 144 cm³/mol. The average molecular weight is 449 g/mol. The molecule has 3 heteroatoms. The Labute approximate surface area is 199 Å². The SMILES string of the molecule is COc1ccc(C=Cc2ccc(C=Cc3ccc(OCc4ccc([SiH3])cc4)cc3)cc2)cc1. The lowest BCUT2D eigenvalue weighted by Gasteiger charge is -2.07. The first-order valence-corrected chi connectivity index (χ1v) is 12.1. The topological polar surface area (TPSA) is 18.5 Å². The highest BCUT2D eigenvalue weighted by Crippen LogP contribution is 2.17. The third-order valence-electron chi connectivity index (χ3n) is 5.39. The van der Waals surface area contributed by atoms with Crippen LogP contribution in [0, 0.1) is 0 Å². The molecule has 0 spiro atoms. The molecule has 0 fully saturated rings. The highest BCUT2D eigenvalue weighted by molar-refractivity contribution is 6.32. The zero-order valence-electron chi connectivity index (χ0n) is 19.1. The molecule has 0 bridgehead atoms. The van der Waals surface area contributed by atoms with Gasteiger partial charge in [-0.15, -0.1) is 0 Å². The Morgan fingerprint density at radius 2 is 0.939 bits per heavy atom. The van der Waals surface area contributed by atoms with E-state index in [0.717, 1.165) is 32.9 Å². The van der Waals surface area contributed by atoms with Crippen LogP contribution in [0.4, 0.5) is 0 Å². The smallest absolute Gasteiger partial charge is 0.119 e. The molecule has 0 aromatic heterocycles. The molecule has 0 aliphatic carbocycles. The maximum Gasteiger partial charge on any atom is 0.119 e. The standard InChI is InChI=1S/C30H28O2Si/c1-31-28-16-10-25(11-17-28)8-6-23-2-4-24(5-3-23)7-9-26-12-18-29(19-13-26)32-22-27-14-20-30(33)21-15-27/h2-21H,22H2,1,33H3. The second-order valence-electron chi connectivity index (χ2n) is 7.95. The minimum absolute atomic E-state index is 0.594. The van der Waals surface area contributed by atoms with Crippen molar-refractivity contribution in [1.29, 1.82) is 0 Å². The van der Waals surface area contributed by atoms with Gasteiger partial charge in [-0.25, -0.2) is 0 Å². The van der Waals surface area contributed by atoms with Crippen LogP contribution >= 0.6 is 0 Å². The summed E-state index contributed by atoms with van der Waals surface area (Å²) >= 11 is 0. The number of hydrogen-bond acceptors (Lipinski definition) is 2. The van der Waals surface area contributed by atoms with Crippen molar-refractivity contribution in [1.82, 2.24) is 0 Å². The Balaban J connectivity index is 1.30. The van der Waals surface area contributed by atoms with Crippen molar-refractivity contribution in [3.63, 3.8) is 0 Å². The third kappa shape index (κ3) is 6.83. The van der Waals surface area contributed by atoms with Crippen molar-refractivity contribution in [2.45, 2.75) is 6.61 Å². The van der Waals surface area contributed by atoms with Crippen molar-refractivity contribution in [3.05, 3.63) is 125 Å². The molecular formula is C30H28O2Si. The van der Waals surface area contributed by atoms with Crippen LogP contribution in [-0.2, 0) is 6.61 Å². The third-order valence-corrected chi connectivity index (χ3v) is 6.06. The largest absolute Gasteiger partial charge is 0.497 e. The molecule has 164 valence electrons. The minimum Gasteiger partial charge on any atom is -0.497 e. The van der Waals surface area contributed by atoms with E-state index in [4.69, 9.17) is 9.47 Å². The predicted octanol–water partition coefficient (Wildman–Crippen LogP) is 5.61. The zero-order chi connectivity index (χ0) is 22.9. The second-order valence-corrected chi connectivity index (χ2v) is 9.10. The van der Waals surface area contributed by atoms with Crippen molar-refractivity contribution >= 4 is 39.7 Å². The van der Waals surface area contributed by atoms with Crippen LogP contribution in [0.5, 0.6) is 11.5 Å². The number of methoxy groups -OCH3 is 1. The van der Waals surface area contributed by atoms with Crippen LogP contribution in [0.1, 0.15) is 27.8 Å². The summed E-state index contributed by atoms with van der Waals surface area (Å²) in [5.41, 5.74) is 5.82. The molecule has 33 heavy (non-hydrogen) atoms. The molecule has 0 atom stereocenters. The molecule has 0 aliphatic rings. The summed E-state index contributed by atoms with van der Waals surface area (Å²) in [6.45, 7) is 0.594. The fraction of sp³-hybridized carbons (Fsp3) is 0.0667. The van der Waals surface area contributed by atoms with Gasteiger partial charge in [0.25, 0.3) is 0 Å². The van der Waals surface area contributed by atoms with Gasteiger partial charge < -0.3 is 9.47 Å². The molecule has 0 unspecified atom stereocenters. The molecule has 0 saturated heterocycles. The van der Waals surface area contributed by atoms with Gasteiger partial charge in [0.1, 0.15) is 18.1 Å². The summed E-state index contributed by atoms with van der Waals surface area (Å²) in [5, 5.41) is 1.40. The van der Waals surface area contributed by atoms with Gasteiger partial charge in [0.2, 0.25) is 0 Å². The summed E-state index contributed by atoms with van der Waals surface area (Å²) in [6.07, 6.45) is 8.47. The number of benzene rings is 4. The van der Waals surface area contributed by atoms with E-state index in [9.17, 15) is 0 Å². The highest BCUT2D eigenvalue weighted by atomic mass is 28.1. The minimum atomic E-state index is 0.594. The Morgan fingerprint density at radius 1 is 0.545 bits per heavy atom. The molecule has 4 aromatic rings. The summed E-state index contributed by atoms with van der Waals surface area (Å²) in [6, 6.07) is 33.4. The van der Waals surface area contributed by atoms with Crippen LogP contribution in [0.3, 0.4) is 0 Å². The van der Waals surface area contributed by atoms with E-state index < -0.39 is 0 Å². The van der Waals surface area contributed by atoms with E-state index >= 15 is 0 Å². The molecule has 0 N–H and O–H groups in total. The monoisotopic (exact) mass is 448 g/mol. The van der Waals surface area contributed by atoms with Gasteiger partial charge in [-0.05, 0) is 52.1 Å². The molecule has 4 aromatic carbocycles. The zero-order valence-corrected chi connectivity index (χ0v) is 21.1. The van der Waals surface area contributed by atoms with Gasteiger partial charge in [0, 0.05) is 10.2 Å².